The molecule has 116 valence electrons. The van der Waals surface area contributed by atoms with Crippen LogP contribution in [0.2, 0.25) is 0 Å². The van der Waals surface area contributed by atoms with Gasteiger partial charge in [0.05, 0.1) is 17.8 Å². The largest absolute Gasteiger partial charge is 0.324 e. The van der Waals surface area contributed by atoms with E-state index in [4.69, 9.17) is 0 Å². The molecule has 0 aliphatic rings. The Bertz CT molecular complexity index is 741. The number of pyridine rings is 1. The molecule has 0 aliphatic heterocycles. The van der Waals surface area contributed by atoms with Gasteiger partial charge in [0.2, 0.25) is 5.91 Å². The SMILES string of the molecule is CCC(C(=O)Nc1ccc(S(C)(=O)=O)nc1)c1ccccc1. The monoisotopic (exact) mass is 318 g/mol. The summed E-state index contributed by atoms with van der Waals surface area (Å²) in [5.74, 6) is -0.390. The highest BCUT2D eigenvalue weighted by atomic mass is 32.2. The zero-order chi connectivity index (χ0) is 16.2. The zero-order valence-electron chi connectivity index (χ0n) is 12.5. The van der Waals surface area contributed by atoms with Crippen molar-refractivity contribution in [3.8, 4) is 0 Å². The van der Waals surface area contributed by atoms with Crippen LogP contribution in [0.15, 0.2) is 53.7 Å². The fraction of sp³-hybridized carbons (Fsp3) is 0.250. The molecular weight excluding hydrogens is 300 g/mol. The van der Waals surface area contributed by atoms with Crippen LogP contribution in [0.1, 0.15) is 24.8 Å². The van der Waals surface area contributed by atoms with Gasteiger partial charge in [-0.25, -0.2) is 13.4 Å². The lowest BCUT2D eigenvalue weighted by Gasteiger charge is -2.15. The van der Waals surface area contributed by atoms with Gasteiger partial charge in [-0.1, -0.05) is 37.3 Å². The first-order chi connectivity index (χ1) is 10.4. The summed E-state index contributed by atoms with van der Waals surface area (Å²) in [5, 5.41) is 2.76. The fourth-order valence-electron chi connectivity index (χ4n) is 2.16. The molecule has 0 aliphatic carbocycles. The van der Waals surface area contributed by atoms with E-state index in [0.29, 0.717) is 12.1 Å². The van der Waals surface area contributed by atoms with Crippen LogP contribution in [0.25, 0.3) is 0 Å². The van der Waals surface area contributed by atoms with E-state index in [2.05, 4.69) is 10.3 Å². The van der Waals surface area contributed by atoms with Gasteiger partial charge >= 0.3 is 0 Å². The summed E-state index contributed by atoms with van der Waals surface area (Å²) in [7, 11) is -3.34. The lowest BCUT2D eigenvalue weighted by Crippen LogP contribution is -2.20. The number of carbonyl (C=O) groups excluding carboxylic acids is 1. The molecule has 0 spiro atoms. The molecule has 1 amide bonds. The van der Waals surface area contributed by atoms with Crippen LogP contribution in [-0.4, -0.2) is 25.6 Å². The van der Waals surface area contributed by atoms with Crippen LogP contribution in [-0.2, 0) is 14.6 Å². The van der Waals surface area contributed by atoms with E-state index in [1.54, 1.807) is 6.07 Å². The molecule has 0 bridgehead atoms. The smallest absolute Gasteiger partial charge is 0.231 e. The van der Waals surface area contributed by atoms with Crippen LogP contribution < -0.4 is 5.32 Å². The summed E-state index contributed by atoms with van der Waals surface area (Å²) in [4.78, 5) is 16.2. The number of aromatic nitrogens is 1. The molecule has 0 radical (unpaired) electrons. The number of nitrogens with one attached hydrogen (secondary N) is 1. The second-order valence-corrected chi connectivity index (χ2v) is 6.98. The molecule has 22 heavy (non-hydrogen) atoms. The van der Waals surface area contributed by atoms with Crippen LogP contribution in [0, 0.1) is 0 Å². The molecule has 1 aromatic heterocycles. The molecule has 6 heteroatoms. The van der Waals surface area contributed by atoms with Crippen LogP contribution in [0.5, 0.6) is 0 Å². The average molecular weight is 318 g/mol. The van der Waals surface area contributed by atoms with Gasteiger partial charge in [0, 0.05) is 6.26 Å². The van der Waals surface area contributed by atoms with Crippen molar-refractivity contribution in [2.75, 3.05) is 11.6 Å². The number of carbonyl (C=O) groups is 1. The van der Waals surface area contributed by atoms with Crippen molar-refractivity contribution in [3.63, 3.8) is 0 Å². The highest BCUT2D eigenvalue weighted by Gasteiger charge is 2.18. The Labute approximate surface area is 130 Å². The standard InChI is InChI=1S/C16H18N2O3S/c1-3-14(12-7-5-4-6-8-12)16(19)18-13-9-10-15(17-11-13)22(2,20)21/h4-11,14H,3H2,1-2H3,(H,18,19). The summed E-state index contributed by atoms with van der Waals surface area (Å²) in [5.41, 5.74) is 1.43. The van der Waals surface area contributed by atoms with Crippen LogP contribution in [0.4, 0.5) is 5.69 Å². The van der Waals surface area contributed by atoms with Crippen molar-refractivity contribution in [2.45, 2.75) is 24.3 Å². The van der Waals surface area contributed by atoms with Gasteiger partial charge in [0.15, 0.2) is 14.9 Å². The minimum absolute atomic E-state index is 0.0133. The third kappa shape index (κ3) is 3.92. The van der Waals surface area contributed by atoms with E-state index in [1.807, 2.05) is 37.3 Å². The Morgan fingerprint density at radius 1 is 1.18 bits per heavy atom. The maximum absolute atomic E-state index is 12.4. The highest BCUT2D eigenvalue weighted by Crippen LogP contribution is 2.21. The van der Waals surface area contributed by atoms with Gasteiger partial charge in [0.25, 0.3) is 0 Å². The molecule has 1 unspecified atom stereocenters. The van der Waals surface area contributed by atoms with Crippen molar-refractivity contribution >= 4 is 21.4 Å². The van der Waals surface area contributed by atoms with Gasteiger partial charge in [-0.15, -0.1) is 0 Å². The third-order valence-electron chi connectivity index (χ3n) is 3.31. The summed E-state index contributed by atoms with van der Waals surface area (Å²) in [6.07, 6.45) is 3.12. The van der Waals surface area contributed by atoms with Crippen molar-refractivity contribution in [2.24, 2.45) is 0 Å². The first kappa shape index (κ1) is 16.2. The highest BCUT2D eigenvalue weighted by molar-refractivity contribution is 7.90. The van der Waals surface area contributed by atoms with E-state index < -0.39 is 9.84 Å². The van der Waals surface area contributed by atoms with Gasteiger partial charge in [-0.3, -0.25) is 4.79 Å². The molecule has 1 heterocycles. The van der Waals surface area contributed by atoms with Gasteiger partial charge in [-0.05, 0) is 24.1 Å². The third-order valence-corrected chi connectivity index (χ3v) is 4.31. The molecule has 2 rings (SSSR count). The number of hydrogen-bond acceptors (Lipinski definition) is 4. The predicted molar refractivity (Wildman–Crippen MR) is 85.5 cm³/mol. The number of amides is 1. The Morgan fingerprint density at radius 3 is 2.36 bits per heavy atom. The second-order valence-electron chi connectivity index (χ2n) is 5.02. The number of rotatable bonds is 5. The maximum Gasteiger partial charge on any atom is 0.231 e. The Morgan fingerprint density at radius 2 is 1.86 bits per heavy atom. The van der Waals surface area contributed by atoms with Gasteiger partial charge in [0.1, 0.15) is 0 Å². The number of anilines is 1. The fourth-order valence-corrected chi connectivity index (χ4v) is 2.72. The molecular formula is C16H18N2O3S. The summed E-state index contributed by atoms with van der Waals surface area (Å²) in [6, 6.07) is 12.5. The average Bonchev–Trinajstić information content (AvgIpc) is 2.48. The van der Waals surface area contributed by atoms with Gasteiger partial charge in [-0.2, -0.15) is 0 Å². The molecule has 0 saturated heterocycles. The molecule has 1 aromatic carbocycles. The molecule has 1 atom stereocenters. The van der Waals surface area contributed by atoms with Crippen LogP contribution >= 0.6 is 0 Å². The lowest BCUT2D eigenvalue weighted by atomic mass is 9.95. The van der Waals surface area contributed by atoms with E-state index in [-0.39, 0.29) is 16.9 Å². The van der Waals surface area contributed by atoms with E-state index in [9.17, 15) is 13.2 Å². The normalized spacial score (nSPS) is 12.6. The summed E-state index contributed by atoms with van der Waals surface area (Å²) >= 11 is 0. The second kappa shape index (κ2) is 6.70. The van der Waals surface area contributed by atoms with Crippen LogP contribution in [0.3, 0.4) is 0 Å². The Balaban J connectivity index is 2.14. The van der Waals surface area contributed by atoms with Crippen molar-refractivity contribution < 1.29 is 13.2 Å². The lowest BCUT2D eigenvalue weighted by molar-refractivity contribution is -0.117. The van der Waals surface area contributed by atoms with E-state index >= 15 is 0 Å². The number of hydrogen-bond donors (Lipinski definition) is 1. The first-order valence-corrected chi connectivity index (χ1v) is 8.83. The minimum atomic E-state index is -3.34. The maximum atomic E-state index is 12.4. The summed E-state index contributed by atoms with van der Waals surface area (Å²) < 4.78 is 22.7. The molecule has 0 saturated carbocycles. The van der Waals surface area contributed by atoms with E-state index in [0.717, 1.165) is 11.8 Å². The minimum Gasteiger partial charge on any atom is -0.324 e. The van der Waals surface area contributed by atoms with Gasteiger partial charge < -0.3 is 5.32 Å². The number of benzene rings is 1. The molecule has 5 nitrogen and oxygen atoms in total. The predicted octanol–water partition coefficient (Wildman–Crippen LogP) is 2.62. The van der Waals surface area contributed by atoms with Crippen molar-refractivity contribution in [1.82, 2.24) is 4.98 Å². The summed E-state index contributed by atoms with van der Waals surface area (Å²) in [6.45, 7) is 1.95. The topological polar surface area (TPSA) is 76.1 Å². The molecule has 0 fully saturated rings. The number of nitrogens with zero attached hydrogens (tertiary/aromatic N) is 1. The molecule has 1 N–H and O–H groups in total. The quantitative estimate of drug-likeness (QED) is 0.919. The van der Waals surface area contributed by atoms with Crippen molar-refractivity contribution in [1.29, 1.82) is 0 Å². The molecule has 2 aromatic rings. The Kier molecular flexibility index (Phi) is 4.92. The Hall–Kier alpha value is -2.21. The van der Waals surface area contributed by atoms with Crippen molar-refractivity contribution in [3.05, 3.63) is 54.2 Å². The first-order valence-electron chi connectivity index (χ1n) is 6.93. The van der Waals surface area contributed by atoms with E-state index in [1.165, 1.54) is 12.3 Å². The number of sulfone groups is 1. The zero-order valence-corrected chi connectivity index (χ0v) is 13.3.